The van der Waals surface area contributed by atoms with Crippen molar-refractivity contribution >= 4 is 0 Å². The van der Waals surface area contributed by atoms with Gasteiger partial charge in [-0.25, -0.2) is 4.39 Å². The van der Waals surface area contributed by atoms with Crippen LogP contribution < -0.4 is 0 Å². The molecule has 4 heteroatoms. The van der Waals surface area contributed by atoms with Gasteiger partial charge in [0.05, 0.1) is 5.56 Å². The molecule has 2 aliphatic rings. The molecule has 1 aromatic rings. The minimum Gasteiger partial charge on any atom is -0.206 e. The van der Waals surface area contributed by atoms with Gasteiger partial charge in [-0.15, -0.1) is 0 Å². The van der Waals surface area contributed by atoms with Gasteiger partial charge in [0.15, 0.2) is 0 Å². The molecule has 0 nitrogen and oxygen atoms in total. The molecule has 0 radical (unpaired) electrons. The predicted octanol–water partition coefficient (Wildman–Crippen LogP) is 7.89. The number of alkyl halides is 3. The highest BCUT2D eigenvalue weighted by molar-refractivity contribution is 5.29. The summed E-state index contributed by atoms with van der Waals surface area (Å²) in [5.41, 5.74) is -0.514. The highest BCUT2D eigenvalue weighted by Gasteiger charge is 2.34. The fourth-order valence-electron chi connectivity index (χ4n) is 4.73. The Labute approximate surface area is 171 Å². The Morgan fingerprint density at radius 2 is 1.69 bits per heavy atom. The van der Waals surface area contributed by atoms with E-state index in [2.05, 4.69) is 24.8 Å². The first kappa shape index (κ1) is 21.9. The van der Waals surface area contributed by atoms with Crippen LogP contribution >= 0.6 is 0 Å². The van der Waals surface area contributed by atoms with E-state index in [0.717, 1.165) is 43.7 Å². The number of hydrogen-bond acceptors (Lipinski definition) is 0. The van der Waals surface area contributed by atoms with Crippen LogP contribution in [0.1, 0.15) is 81.8 Å². The molecule has 0 heterocycles. The zero-order valence-electron chi connectivity index (χ0n) is 17.1. The van der Waals surface area contributed by atoms with E-state index in [1.54, 1.807) is 0 Å². The minimum absolute atomic E-state index is 0.120. The van der Waals surface area contributed by atoms with Gasteiger partial charge in [-0.2, -0.15) is 13.2 Å². The summed E-state index contributed by atoms with van der Waals surface area (Å²) >= 11 is 0. The summed E-state index contributed by atoms with van der Waals surface area (Å²) in [6, 6.07) is 3.36. The van der Waals surface area contributed by atoms with Crippen molar-refractivity contribution < 1.29 is 17.6 Å². The van der Waals surface area contributed by atoms with Crippen LogP contribution in [0.15, 0.2) is 30.4 Å². The molecule has 1 aromatic carbocycles. The molecule has 0 aliphatic heterocycles. The number of hydrogen-bond donors (Lipinski definition) is 0. The maximum atomic E-state index is 13.8. The first-order valence-electron chi connectivity index (χ1n) is 10.9. The lowest BCUT2D eigenvalue weighted by atomic mass is 9.78. The number of rotatable bonds is 3. The summed E-state index contributed by atoms with van der Waals surface area (Å²) in [7, 11) is 0. The van der Waals surface area contributed by atoms with Crippen molar-refractivity contribution in [3.8, 4) is 11.8 Å². The molecule has 0 atom stereocenters. The summed E-state index contributed by atoms with van der Waals surface area (Å²) in [4.78, 5) is 0. The fraction of sp³-hybridized carbons (Fsp3) is 0.600. The first-order chi connectivity index (χ1) is 13.9. The van der Waals surface area contributed by atoms with Gasteiger partial charge in [-0.05, 0) is 92.9 Å². The van der Waals surface area contributed by atoms with Crippen molar-refractivity contribution in [2.24, 2.45) is 17.8 Å². The maximum absolute atomic E-state index is 13.8. The largest absolute Gasteiger partial charge is 0.419 e. The van der Waals surface area contributed by atoms with E-state index < -0.39 is 17.6 Å². The topological polar surface area (TPSA) is 0 Å². The lowest BCUT2D eigenvalue weighted by Crippen LogP contribution is -2.14. The summed E-state index contributed by atoms with van der Waals surface area (Å²) in [6.07, 6.45) is 9.62. The molecule has 2 aliphatic carbocycles. The molecule has 0 amide bonds. The first-order valence-corrected chi connectivity index (χ1v) is 10.9. The maximum Gasteiger partial charge on any atom is 0.419 e. The third kappa shape index (κ3) is 6.11. The average Bonchev–Trinajstić information content (AvgIpc) is 2.71. The Kier molecular flexibility index (Phi) is 7.44. The van der Waals surface area contributed by atoms with Gasteiger partial charge >= 0.3 is 6.18 Å². The predicted molar refractivity (Wildman–Crippen MR) is 109 cm³/mol. The molecule has 0 aromatic heterocycles. The summed E-state index contributed by atoms with van der Waals surface area (Å²) in [5.74, 6) is 7.37. The van der Waals surface area contributed by atoms with E-state index in [0.29, 0.717) is 17.4 Å². The minimum atomic E-state index is -4.64. The van der Waals surface area contributed by atoms with Crippen molar-refractivity contribution in [3.63, 3.8) is 0 Å². The summed E-state index contributed by atoms with van der Waals surface area (Å²) in [6.45, 7) is 2.27. The molecule has 0 bridgehead atoms. The number of halogens is 4. The Bertz CT molecular complexity index is 749. The summed E-state index contributed by atoms with van der Waals surface area (Å²) in [5, 5.41) is 0. The van der Waals surface area contributed by atoms with Gasteiger partial charge in [0.25, 0.3) is 0 Å². The monoisotopic (exact) mass is 406 g/mol. The molecule has 0 unspecified atom stereocenters. The SMILES string of the molecule is CCC1CCC(C=CC#CC2CCC(c3ccc(C(F)(F)F)c(F)c3)CC2)CC1. The van der Waals surface area contributed by atoms with Crippen molar-refractivity contribution in [1.82, 2.24) is 0 Å². The lowest BCUT2D eigenvalue weighted by Gasteiger charge is -2.26. The molecular formula is C25H30F4. The van der Waals surface area contributed by atoms with Crippen LogP contribution in [0.5, 0.6) is 0 Å². The second-order valence-corrected chi connectivity index (χ2v) is 8.62. The average molecular weight is 407 g/mol. The fourth-order valence-corrected chi connectivity index (χ4v) is 4.73. The smallest absolute Gasteiger partial charge is 0.206 e. The normalized spacial score (nSPS) is 28.2. The molecule has 0 spiro atoms. The van der Waals surface area contributed by atoms with Gasteiger partial charge in [0.2, 0.25) is 0 Å². The molecule has 2 fully saturated rings. The molecule has 3 rings (SSSR count). The van der Waals surface area contributed by atoms with Crippen molar-refractivity contribution in [3.05, 3.63) is 47.3 Å². The van der Waals surface area contributed by atoms with Gasteiger partial charge < -0.3 is 0 Å². The molecule has 0 N–H and O–H groups in total. The number of benzene rings is 1. The van der Waals surface area contributed by atoms with Crippen molar-refractivity contribution in [2.45, 2.75) is 76.8 Å². The van der Waals surface area contributed by atoms with Gasteiger partial charge in [-0.3, -0.25) is 0 Å². The second-order valence-electron chi connectivity index (χ2n) is 8.62. The van der Waals surface area contributed by atoms with Crippen molar-refractivity contribution in [2.75, 3.05) is 0 Å². The Balaban J connectivity index is 1.47. The Morgan fingerprint density at radius 3 is 2.28 bits per heavy atom. The third-order valence-electron chi connectivity index (χ3n) is 6.71. The zero-order chi connectivity index (χ0) is 20.9. The van der Waals surface area contributed by atoms with E-state index in [-0.39, 0.29) is 5.92 Å². The highest BCUT2D eigenvalue weighted by atomic mass is 19.4. The van der Waals surface area contributed by atoms with Crippen LogP contribution in [-0.2, 0) is 6.18 Å². The third-order valence-corrected chi connectivity index (χ3v) is 6.71. The lowest BCUT2D eigenvalue weighted by molar-refractivity contribution is -0.140. The van der Waals surface area contributed by atoms with Gasteiger partial charge in [0.1, 0.15) is 5.82 Å². The zero-order valence-corrected chi connectivity index (χ0v) is 17.1. The van der Waals surface area contributed by atoms with Gasteiger partial charge in [-0.1, -0.05) is 37.3 Å². The van der Waals surface area contributed by atoms with Crippen LogP contribution in [-0.4, -0.2) is 0 Å². The standard InChI is InChI=1S/C25H30F4/c1-2-18-7-9-19(10-8-18)5-3-4-6-20-11-13-21(14-12-20)22-15-16-23(24(26)17-22)25(27,28)29/h3,5,15-21H,2,7-14H2,1H3. The van der Waals surface area contributed by atoms with Crippen LogP contribution in [0, 0.1) is 35.4 Å². The van der Waals surface area contributed by atoms with Crippen LogP contribution in [0.25, 0.3) is 0 Å². The van der Waals surface area contributed by atoms with Crippen molar-refractivity contribution in [1.29, 1.82) is 0 Å². The quantitative estimate of drug-likeness (QED) is 0.354. The van der Waals surface area contributed by atoms with Crippen LogP contribution in [0.3, 0.4) is 0 Å². The van der Waals surface area contributed by atoms with Gasteiger partial charge in [0, 0.05) is 5.92 Å². The molecule has 29 heavy (non-hydrogen) atoms. The van der Waals surface area contributed by atoms with Crippen LogP contribution in [0.4, 0.5) is 17.6 Å². The Morgan fingerprint density at radius 1 is 1.00 bits per heavy atom. The number of allylic oxidation sites excluding steroid dienone is 2. The van der Waals surface area contributed by atoms with E-state index in [9.17, 15) is 17.6 Å². The van der Waals surface area contributed by atoms with E-state index in [4.69, 9.17) is 0 Å². The van der Waals surface area contributed by atoms with E-state index >= 15 is 0 Å². The molecular weight excluding hydrogens is 376 g/mol. The van der Waals surface area contributed by atoms with E-state index in [1.807, 2.05) is 6.08 Å². The summed E-state index contributed by atoms with van der Waals surface area (Å²) < 4.78 is 52.0. The molecule has 0 saturated heterocycles. The van der Waals surface area contributed by atoms with E-state index in [1.165, 1.54) is 38.2 Å². The van der Waals surface area contributed by atoms with Crippen LogP contribution in [0.2, 0.25) is 0 Å². The second kappa shape index (κ2) is 9.83. The molecule has 2 saturated carbocycles. The molecule has 158 valence electrons. The highest BCUT2D eigenvalue weighted by Crippen LogP contribution is 2.38. The Hall–Kier alpha value is -1.76.